The van der Waals surface area contributed by atoms with Crippen LogP contribution >= 0.6 is 0 Å². The zero-order valence-corrected chi connectivity index (χ0v) is 22.6. The van der Waals surface area contributed by atoms with E-state index in [0.717, 1.165) is 37.7 Å². The summed E-state index contributed by atoms with van der Waals surface area (Å²) in [5.74, 6) is -0.129. The van der Waals surface area contributed by atoms with E-state index in [-0.39, 0.29) is 42.9 Å². The van der Waals surface area contributed by atoms with E-state index in [9.17, 15) is 14.4 Å². The van der Waals surface area contributed by atoms with Crippen LogP contribution in [0.2, 0.25) is 0 Å². The Morgan fingerprint density at radius 2 is 2.00 bits per heavy atom. The van der Waals surface area contributed by atoms with Gasteiger partial charge in [-0.2, -0.15) is 0 Å². The molecule has 4 rings (SSSR count). The van der Waals surface area contributed by atoms with E-state index in [2.05, 4.69) is 11.3 Å². The molecule has 2 aliphatic heterocycles. The number of anilines is 1. The Hall–Kier alpha value is -3.37. The van der Waals surface area contributed by atoms with Gasteiger partial charge >= 0.3 is 12.1 Å². The summed E-state index contributed by atoms with van der Waals surface area (Å²) in [4.78, 5) is 40.1. The van der Waals surface area contributed by atoms with Crippen LogP contribution in [-0.2, 0) is 23.7 Å². The molecule has 0 N–H and O–H groups in total. The lowest BCUT2D eigenvalue weighted by atomic mass is 9.93. The highest BCUT2D eigenvalue weighted by Gasteiger charge is 2.43. The van der Waals surface area contributed by atoms with Crippen LogP contribution in [0, 0.1) is 5.92 Å². The fraction of sp³-hybridized carbons (Fsp3) is 0.552. The summed E-state index contributed by atoms with van der Waals surface area (Å²) in [6.07, 6.45) is 6.84. The van der Waals surface area contributed by atoms with Crippen molar-refractivity contribution < 1.29 is 42.8 Å². The summed E-state index contributed by atoms with van der Waals surface area (Å²) in [5, 5.41) is 0. The molecule has 0 bridgehead atoms. The van der Waals surface area contributed by atoms with Crippen molar-refractivity contribution in [2.24, 2.45) is 5.92 Å². The molecule has 3 atom stereocenters. The number of hydrogen-bond donors (Lipinski definition) is 0. The smallest absolute Gasteiger partial charge is 0.416 e. The number of hydrogen-bond acceptors (Lipinski definition) is 9. The minimum atomic E-state index is -0.758. The number of carbonyl (C=O) groups is 3. The molecule has 1 aromatic rings. The van der Waals surface area contributed by atoms with E-state index >= 15 is 0 Å². The largest absolute Gasteiger partial charge is 0.493 e. The third-order valence-electron chi connectivity index (χ3n) is 7.14. The molecular formula is C29H37NO9. The van der Waals surface area contributed by atoms with Crippen molar-refractivity contribution in [1.29, 1.82) is 0 Å². The topological polar surface area (TPSA) is 110 Å². The number of allylic oxidation sites excluding steroid dienone is 1. The molecule has 0 aromatic heterocycles. The summed E-state index contributed by atoms with van der Waals surface area (Å²) >= 11 is 0. The van der Waals surface area contributed by atoms with Gasteiger partial charge in [0.05, 0.1) is 26.5 Å². The predicted molar refractivity (Wildman–Crippen MR) is 142 cm³/mol. The number of ether oxygens (including phenoxy) is 6. The molecule has 1 saturated heterocycles. The SMILES string of the molecule is C=CCOC(=O)N1c2cc(OCCCC(=O)OC)c(OC)cc2C(=O)C=C2CCCC2C1OC1CCCCO1. The first-order chi connectivity index (χ1) is 19.0. The second-order valence-corrected chi connectivity index (χ2v) is 9.69. The van der Waals surface area contributed by atoms with Gasteiger partial charge in [0.1, 0.15) is 12.8 Å². The van der Waals surface area contributed by atoms with Crippen molar-refractivity contribution in [3.63, 3.8) is 0 Å². The van der Waals surface area contributed by atoms with Gasteiger partial charge in [0.25, 0.3) is 0 Å². The molecule has 1 aliphatic carbocycles. The van der Waals surface area contributed by atoms with E-state index in [1.54, 1.807) is 18.2 Å². The monoisotopic (exact) mass is 543 g/mol. The molecule has 1 saturated carbocycles. The Balaban J connectivity index is 1.77. The maximum Gasteiger partial charge on any atom is 0.416 e. The second kappa shape index (κ2) is 13.6. The standard InChI is InChI=1S/C29H37NO9/c1-4-13-38-29(33)30-22-18-25(36-15-8-11-26(32)35-3)24(34-2)17-21(22)23(31)16-19-9-7-10-20(19)28(30)39-27-12-5-6-14-37-27/h4,16-18,20,27-28H,1,5-15H2,2-3H3. The highest BCUT2D eigenvalue weighted by molar-refractivity contribution is 6.12. The van der Waals surface area contributed by atoms with Gasteiger partial charge in [-0.15, -0.1) is 0 Å². The third kappa shape index (κ3) is 6.80. The Kier molecular flexibility index (Phi) is 10.00. The number of nitrogens with zero attached hydrogens (tertiary/aromatic N) is 1. The molecule has 3 unspecified atom stereocenters. The van der Waals surface area contributed by atoms with Gasteiger partial charge in [0.15, 0.2) is 23.6 Å². The Bertz CT molecular complexity index is 1090. The van der Waals surface area contributed by atoms with Crippen LogP contribution in [0.15, 0.2) is 36.4 Å². The first kappa shape index (κ1) is 28.6. The molecule has 2 fully saturated rings. The maximum atomic E-state index is 13.6. The summed E-state index contributed by atoms with van der Waals surface area (Å²) in [6, 6.07) is 3.17. The van der Waals surface area contributed by atoms with E-state index in [4.69, 9.17) is 23.7 Å². The first-order valence-corrected chi connectivity index (χ1v) is 13.5. The fourth-order valence-electron chi connectivity index (χ4n) is 5.22. The second-order valence-electron chi connectivity index (χ2n) is 9.69. The Morgan fingerprint density at radius 3 is 2.72 bits per heavy atom. The summed E-state index contributed by atoms with van der Waals surface area (Å²) in [7, 11) is 2.81. The minimum Gasteiger partial charge on any atom is -0.493 e. The van der Waals surface area contributed by atoms with Crippen molar-refractivity contribution in [3.05, 3.63) is 42.0 Å². The zero-order chi connectivity index (χ0) is 27.8. The van der Waals surface area contributed by atoms with E-state index in [1.807, 2.05) is 0 Å². The number of carbonyl (C=O) groups excluding carboxylic acids is 3. The number of benzene rings is 1. The molecule has 39 heavy (non-hydrogen) atoms. The van der Waals surface area contributed by atoms with Crippen LogP contribution in [-0.4, -0.2) is 64.4 Å². The van der Waals surface area contributed by atoms with Crippen LogP contribution < -0.4 is 14.4 Å². The van der Waals surface area contributed by atoms with Crippen LogP contribution in [0.3, 0.4) is 0 Å². The normalized spacial score (nSPS) is 22.5. The van der Waals surface area contributed by atoms with Gasteiger partial charge in [-0.05, 0) is 57.1 Å². The molecule has 10 heteroatoms. The summed E-state index contributed by atoms with van der Waals surface area (Å²) in [5.41, 5.74) is 1.50. The lowest BCUT2D eigenvalue weighted by Gasteiger charge is -2.39. The number of ketones is 1. The number of esters is 1. The van der Waals surface area contributed by atoms with Gasteiger partial charge in [-0.3, -0.25) is 9.59 Å². The summed E-state index contributed by atoms with van der Waals surface area (Å²) < 4.78 is 34.1. The average molecular weight is 544 g/mol. The van der Waals surface area contributed by atoms with E-state index in [0.29, 0.717) is 36.6 Å². The summed E-state index contributed by atoms with van der Waals surface area (Å²) in [6.45, 7) is 4.42. The van der Waals surface area contributed by atoms with Crippen molar-refractivity contribution in [1.82, 2.24) is 0 Å². The van der Waals surface area contributed by atoms with Gasteiger partial charge in [0, 0.05) is 30.6 Å². The van der Waals surface area contributed by atoms with Gasteiger partial charge in [-0.25, -0.2) is 9.69 Å². The molecule has 2 heterocycles. The lowest BCUT2D eigenvalue weighted by Crippen LogP contribution is -2.50. The molecule has 3 aliphatic rings. The van der Waals surface area contributed by atoms with Crippen molar-refractivity contribution in [2.75, 3.05) is 38.9 Å². The van der Waals surface area contributed by atoms with Crippen molar-refractivity contribution in [3.8, 4) is 11.5 Å². The zero-order valence-electron chi connectivity index (χ0n) is 22.6. The molecule has 10 nitrogen and oxygen atoms in total. The third-order valence-corrected chi connectivity index (χ3v) is 7.14. The number of amides is 1. The van der Waals surface area contributed by atoms with E-state index in [1.165, 1.54) is 25.2 Å². The van der Waals surface area contributed by atoms with Gasteiger partial charge < -0.3 is 28.4 Å². The molecule has 0 spiro atoms. The minimum absolute atomic E-state index is 0.00827. The van der Waals surface area contributed by atoms with Crippen LogP contribution in [0.1, 0.15) is 61.7 Å². The number of rotatable bonds is 10. The lowest BCUT2D eigenvalue weighted by molar-refractivity contribution is -0.194. The number of fused-ring (bicyclic) bond motifs is 2. The van der Waals surface area contributed by atoms with Crippen molar-refractivity contribution >= 4 is 23.5 Å². The first-order valence-electron chi connectivity index (χ1n) is 13.5. The van der Waals surface area contributed by atoms with E-state index < -0.39 is 18.6 Å². The maximum absolute atomic E-state index is 13.6. The molecule has 1 aromatic carbocycles. The Morgan fingerprint density at radius 1 is 1.15 bits per heavy atom. The van der Waals surface area contributed by atoms with Crippen molar-refractivity contribution in [2.45, 2.75) is 63.9 Å². The molecule has 212 valence electrons. The number of methoxy groups -OCH3 is 2. The average Bonchev–Trinajstić information content (AvgIpc) is 3.40. The van der Waals surface area contributed by atoms with Gasteiger partial charge in [0.2, 0.25) is 0 Å². The molecule has 1 amide bonds. The van der Waals surface area contributed by atoms with Crippen LogP contribution in [0.4, 0.5) is 10.5 Å². The quantitative estimate of drug-likeness (QED) is 0.230. The fourth-order valence-corrected chi connectivity index (χ4v) is 5.22. The van der Waals surface area contributed by atoms with Crippen LogP contribution in [0.5, 0.6) is 11.5 Å². The molecule has 0 radical (unpaired) electrons. The van der Waals surface area contributed by atoms with Gasteiger partial charge in [-0.1, -0.05) is 18.2 Å². The highest BCUT2D eigenvalue weighted by atomic mass is 16.7. The highest BCUT2D eigenvalue weighted by Crippen LogP contribution is 2.44. The van der Waals surface area contributed by atoms with Crippen LogP contribution in [0.25, 0.3) is 0 Å². The Labute approximate surface area is 228 Å². The molecular weight excluding hydrogens is 506 g/mol. The predicted octanol–water partition coefficient (Wildman–Crippen LogP) is 4.95.